The topological polar surface area (TPSA) is 54.6 Å². The third-order valence-electron chi connectivity index (χ3n) is 5.15. The SMILES string of the molecule is Cc1noc(C)c1CN1CCO[C@@H]2CN(Cc3ccccn3)C[C@@H]21. The average Bonchev–Trinajstić information content (AvgIpc) is 3.14. The molecule has 0 aliphatic carbocycles. The highest BCUT2D eigenvalue weighted by Crippen LogP contribution is 2.26. The van der Waals surface area contributed by atoms with E-state index in [4.69, 9.17) is 9.26 Å². The molecule has 2 fully saturated rings. The first-order valence-corrected chi connectivity index (χ1v) is 8.60. The molecule has 0 aromatic carbocycles. The molecule has 128 valence electrons. The van der Waals surface area contributed by atoms with Crippen molar-refractivity contribution in [2.24, 2.45) is 0 Å². The lowest BCUT2D eigenvalue weighted by molar-refractivity contribution is -0.0506. The minimum absolute atomic E-state index is 0.280. The molecule has 0 radical (unpaired) electrons. The Bertz CT molecular complexity index is 668. The number of aromatic nitrogens is 2. The highest BCUT2D eigenvalue weighted by Gasteiger charge is 2.40. The van der Waals surface area contributed by atoms with E-state index < -0.39 is 0 Å². The van der Waals surface area contributed by atoms with E-state index in [-0.39, 0.29) is 6.10 Å². The molecule has 2 saturated heterocycles. The van der Waals surface area contributed by atoms with Gasteiger partial charge in [-0.25, -0.2) is 0 Å². The lowest BCUT2D eigenvalue weighted by Gasteiger charge is -2.36. The molecule has 24 heavy (non-hydrogen) atoms. The summed E-state index contributed by atoms with van der Waals surface area (Å²) in [6.45, 7) is 9.54. The van der Waals surface area contributed by atoms with Crippen LogP contribution in [0.25, 0.3) is 0 Å². The number of rotatable bonds is 4. The summed E-state index contributed by atoms with van der Waals surface area (Å²) in [5, 5.41) is 4.09. The van der Waals surface area contributed by atoms with Gasteiger partial charge in [-0.3, -0.25) is 14.8 Å². The number of aryl methyl sites for hydroxylation is 2. The molecule has 2 aliphatic rings. The van der Waals surface area contributed by atoms with E-state index in [0.29, 0.717) is 6.04 Å². The average molecular weight is 328 g/mol. The van der Waals surface area contributed by atoms with Crippen LogP contribution in [0.15, 0.2) is 28.9 Å². The molecule has 0 amide bonds. The minimum Gasteiger partial charge on any atom is -0.374 e. The Hall–Kier alpha value is -1.76. The number of pyridine rings is 1. The maximum absolute atomic E-state index is 6.04. The van der Waals surface area contributed by atoms with Gasteiger partial charge in [0.15, 0.2) is 0 Å². The standard InChI is InChI=1S/C18H24N4O2/c1-13-16(14(2)24-20-13)10-22-7-8-23-18-12-21(11-17(18)22)9-15-5-3-4-6-19-15/h3-6,17-18H,7-12H2,1-2H3/t17-,18+/m0/s1. The van der Waals surface area contributed by atoms with Crippen LogP contribution in [0.5, 0.6) is 0 Å². The van der Waals surface area contributed by atoms with Crippen LogP contribution in [-0.4, -0.2) is 58.3 Å². The summed E-state index contributed by atoms with van der Waals surface area (Å²) >= 11 is 0. The number of ether oxygens (including phenoxy) is 1. The Kier molecular flexibility index (Phi) is 4.35. The van der Waals surface area contributed by atoms with Crippen molar-refractivity contribution in [2.75, 3.05) is 26.2 Å². The maximum atomic E-state index is 6.04. The summed E-state index contributed by atoms with van der Waals surface area (Å²) in [5.74, 6) is 0.930. The maximum Gasteiger partial charge on any atom is 0.138 e. The first-order valence-electron chi connectivity index (χ1n) is 8.60. The van der Waals surface area contributed by atoms with Crippen molar-refractivity contribution in [2.45, 2.75) is 39.1 Å². The molecule has 0 bridgehead atoms. The molecule has 6 heteroatoms. The van der Waals surface area contributed by atoms with Gasteiger partial charge in [0.25, 0.3) is 0 Å². The van der Waals surface area contributed by atoms with Crippen LogP contribution in [0.1, 0.15) is 22.7 Å². The fourth-order valence-electron chi connectivity index (χ4n) is 3.81. The molecule has 2 aliphatic heterocycles. The molecular weight excluding hydrogens is 304 g/mol. The molecule has 2 atom stereocenters. The van der Waals surface area contributed by atoms with Crippen LogP contribution >= 0.6 is 0 Å². The Labute approximate surface area is 142 Å². The highest BCUT2D eigenvalue weighted by atomic mass is 16.5. The van der Waals surface area contributed by atoms with Crippen molar-refractivity contribution in [1.29, 1.82) is 0 Å². The third kappa shape index (κ3) is 3.09. The van der Waals surface area contributed by atoms with E-state index in [1.807, 2.05) is 32.2 Å². The van der Waals surface area contributed by atoms with Gasteiger partial charge in [-0.1, -0.05) is 11.2 Å². The number of likely N-dealkylation sites (tertiary alicyclic amines) is 1. The first kappa shape index (κ1) is 15.7. The molecule has 0 saturated carbocycles. The molecule has 2 aromatic heterocycles. The van der Waals surface area contributed by atoms with E-state index >= 15 is 0 Å². The van der Waals surface area contributed by atoms with Gasteiger partial charge >= 0.3 is 0 Å². The van der Waals surface area contributed by atoms with E-state index in [1.54, 1.807) is 0 Å². The molecule has 4 heterocycles. The second-order valence-corrected chi connectivity index (χ2v) is 6.76. The van der Waals surface area contributed by atoms with Crippen molar-refractivity contribution in [3.63, 3.8) is 0 Å². The van der Waals surface area contributed by atoms with Crippen LogP contribution in [0.3, 0.4) is 0 Å². The van der Waals surface area contributed by atoms with Crippen LogP contribution < -0.4 is 0 Å². The van der Waals surface area contributed by atoms with E-state index in [2.05, 4.69) is 26.0 Å². The van der Waals surface area contributed by atoms with E-state index in [0.717, 1.165) is 56.5 Å². The van der Waals surface area contributed by atoms with Crippen LogP contribution in [0, 0.1) is 13.8 Å². The van der Waals surface area contributed by atoms with Gasteiger partial charge in [0.05, 0.1) is 30.1 Å². The monoisotopic (exact) mass is 328 g/mol. The smallest absolute Gasteiger partial charge is 0.138 e. The quantitative estimate of drug-likeness (QED) is 0.853. The predicted molar refractivity (Wildman–Crippen MR) is 89.4 cm³/mol. The van der Waals surface area contributed by atoms with E-state index in [9.17, 15) is 0 Å². The molecule has 4 rings (SSSR count). The van der Waals surface area contributed by atoms with Gasteiger partial charge in [-0.05, 0) is 26.0 Å². The van der Waals surface area contributed by atoms with Crippen molar-refractivity contribution in [3.05, 3.63) is 47.1 Å². The van der Waals surface area contributed by atoms with Gasteiger partial charge < -0.3 is 9.26 Å². The van der Waals surface area contributed by atoms with Gasteiger partial charge in [0.1, 0.15) is 5.76 Å². The summed E-state index contributed by atoms with van der Waals surface area (Å²) in [6.07, 6.45) is 2.14. The summed E-state index contributed by atoms with van der Waals surface area (Å²) in [7, 11) is 0. The highest BCUT2D eigenvalue weighted by molar-refractivity contribution is 5.21. The third-order valence-corrected chi connectivity index (χ3v) is 5.15. The number of hydrogen-bond acceptors (Lipinski definition) is 6. The number of nitrogens with zero attached hydrogens (tertiary/aromatic N) is 4. The lowest BCUT2D eigenvalue weighted by Crippen LogP contribution is -2.50. The van der Waals surface area contributed by atoms with Gasteiger partial charge in [0.2, 0.25) is 0 Å². The van der Waals surface area contributed by atoms with Crippen molar-refractivity contribution >= 4 is 0 Å². The Morgan fingerprint density at radius 1 is 1.21 bits per heavy atom. The Morgan fingerprint density at radius 2 is 2.12 bits per heavy atom. The minimum atomic E-state index is 0.280. The van der Waals surface area contributed by atoms with Gasteiger partial charge in [-0.2, -0.15) is 0 Å². The zero-order valence-electron chi connectivity index (χ0n) is 14.3. The zero-order valence-corrected chi connectivity index (χ0v) is 14.3. The number of hydrogen-bond donors (Lipinski definition) is 0. The molecule has 0 N–H and O–H groups in total. The second kappa shape index (κ2) is 6.63. The van der Waals surface area contributed by atoms with Crippen molar-refractivity contribution in [3.8, 4) is 0 Å². The van der Waals surface area contributed by atoms with Gasteiger partial charge in [-0.15, -0.1) is 0 Å². The summed E-state index contributed by atoms with van der Waals surface area (Å²) in [5.41, 5.74) is 3.34. The van der Waals surface area contributed by atoms with Gasteiger partial charge in [0, 0.05) is 44.5 Å². The van der Waals surface area contributed by atoms with Crippen LogP contribution in [0.2, 0.25) is 0 Å². The van der Waals surface area contributed by atoms with Crippen LogP contribution in [0.4, 0.5) is 0 Å². The zero-order chi connectivity index (χ0) is 16.5. The molecular formula is C18H24N4O2. The first-order chi connectivity index (χ1) is 11.7. The molecule has 0 unspecified atom stereocenters. The fraction of sp³-hybridized carbons (Fsp3) is 0.556. The van der Waals surface area contributed by atoms with Crippen LogP contribution in [-0.2, 0) is 17.8 Å². The summed E-state index contributed by atoms with van der Waals surface area (Å²) in [4.78, 5) is 9.42. The largest absolute Gasteiger partial charge is 0.374 e. The Morgan fingerprint density at radius 3 is 2.88 bits per heavy atom. The fourth-order valence-corrected chi connectivity index (χ4v) is 3.81. The van der Waals surface area contributed by atoms with Crippen molar-refractivity contribution in [1.82, 2.24) is 19.9 Å². The normalized spacial score (nSPS) is 25.1. The lowest BCUT2D eigenvalue weighted by atomic mass is 10.1. The second-order valence-electron chi connectivity index (χ2n) is 6.76. The molecule has 2 aromatic rings. The number of morpholine rings is 1. The summed E-state index contributed by atoms with van der Waals surface area (Å²) < 4.78 is 11.4. The molecule has 0 spiro atoms. The van der Waals surface area contributed by atoms with Crippen molar-refractivity contribution < 1.29 is 9.26 Å². The number of fused-ring (bicyclic) bond motifs is 1. The van der Waals surface area contributed by atoms with E-state index in [1.165, 1.54) is 5.56 Å². The predicted octanol–water partition coefficient (Wildman–Crippen LogP) is 1.77. The molecule has 6 nitrogen and oxygen atoms in total. The summed E-state index contributed by atoms with van der Waals surface area (Å²) in [6, 6.07) is 6.52. The Balaban J connectivity index is 1.45.